The monoisotopic (exact) mass is 434 g/mol. The highest BCUT2D eigenvalue weighted by atomic mass is 79.9. The van der Waals surface area contributed by atoms with Gasteiger partial charge in [-0.1, -0.05) is 113 Å². The largest absolute Gasteiger partial charge is 0.0616 e. The predicted octanol–water partition coefficient (Wildman–Crippen LogP) is 8.60. The highest BCUT2D eigenvalue weighted by Gasteiger charge is 2.03. The van der Waals surface area contributed by atoms with Gasteiger partial charge in [0.25, 0.3) is 0 Å². The molecule has 0 aliphatic rings. The Morgan fingerprint density at radius 3 is 1.41 bits per heavy atom. The summed E-state index contributed by atoms with van der Waals surface area (Å²) < 4.78 is 1.10. The summed E-state index contributed by atoms with van der Waals surface area (Å²) in [6, 6.07) is 41.2. The Hall–Kier alpha value is -3.16. The van der Waals surface area contributed by atoms with E-state index in [1.165, 1.54) is 44.2 Å². The summed E-state index contributed by atoms with van der Waals surface area (Å²) in [5.74, 6) is 0. The fourth-order valence-electron chi connectivity index (χ4n) is 3.75. The van der Waals surface area contributed by atoms with Gasteiger partial charge in [-0.3, -0.25) is 0 Å². The lowest BCUT2D eigenvalue weighted by molar-refractivity contribution is 1.57. The third kappa shape index (κ3) is 3.74. The fourth-order valence-corrected chi connectivity index (χ4v) is 4.15. The molecule has 0 fully saturated rings. The highest BCUT2D eigenvalue weighted by molar-refractivity contribution is 9.10. The molecule has 29 heavy (non-hydrogen) atoms. The molecule has 0 saturated carbocycles. The summed E-state index contributed by atoms with van der Waals surface area (Å²) in [5.41, 5.74) is 7.40. The highest BCUT2D eigenvalue weighted by Crippen LogP contribution is 2.29. The zero-order valence-corrected chi connectivity index (χ0v) is 17.4. The smallest absolute Gasteiger partial charge is 0.0181 e. The first kappa shape index (κ1) is 17.9. The minimum absolute atomic E-state index is 1.10. The summed E-state index contributed by atoms with van der Waals surface area (Å²) in [4.78, 5) is 0. The van der Waals surface area contributed by atoms with Crippen LogP contribution in [0.3, 0.4) is 0 Å². The van der Waals surface area contributed by atoms with Crippen molar-refractivity contribution < 1.29 is 0 Å². The van der Waals surface area contributed by atoms with Gasteiger partial charge in [0.1, 0.15) is 0 Å². The lowest BCUT2D eigenvalue weighted by atomic mass is 9.97. The van der Waals surface area contributed by atoms with Gasteiger partial charge in [-0.15, -0.1) is 0 Å². The quantitative estimate of drug-likeness (QED) is 0.266. The van der Waals surface area contributed by atoms with Crippen molar-refractivity contribution in [2.24, 2.45) is 0 Å². The third-order valence-corrected chi connectivity index (χ3v) is 5.84. The zero-order chi connectivity index (χ0) is 19.6. The minimum Gasteiger partial charge on any atom is -0.0616 e. The van der Waals surface area contributed by atoms with E-state index in [1.807, 2.05) is 0 Å². The van der Waals surface area contributed by atoms with Crippen LogP contribution in [0.1, 0.15) is 0 Å². The van der Waals surface area contributed by atoms with E-state index in [0.717, 1.165) is 4.47 Å². The molecule has 138 valence electrons. The van der Waals surface area contributed by atoms with E-state index in [1.54, 1.807) is 0 Å². The van der Waals surface area contributed by atoms with Crippen LogP contribution >= 0.6 is 15.9 Å². The Labute approximate surface area is 179 Å². The number of fused-ring (bicyclic) bond motifs is 1. The maximum Gasteiger partial charge on any atom is 0.0181 e. The zero-order valence-electron chi connectivity index (χ0n) is 15.8. The average molecular weight is 435 g/mol. The molecule has 0 atom stereocenters. The number of halogens is 1. The van der Waals surface area contributed by atoms with Gasteiger partial charge in [-0.05, 0) is 62.4 Å². The van der Waals surface area contributed by atoms with Gasteiger partial charge in [-0.25, -0.2) is 0 Å². The topological polar surface area (TPSA) is 0 Å². The molecule has 1 heteroatoms. The minimum atomic E-state index is 1.10. The first-order valence-electron chi connectivity index (χ1n) is 9.72. The second kappa shape index (κ2) is 7.69. The average Bonchev–Trinajstić information content (AvgIpc) is 2.79. The van der Waals surface area contributed by atoms with Crippen molar-refractivity contribution in [1.82, 2.24) is 0 Å². The van der Waals surface area contributed by atoms with E-state index in [0.29, 0.717) is 0 Å². The molecule has 0 N–H and O–H groups in total. The van der Waals surface area contributed by atoms with Gasteiger partial charge in [0.15, 0.2) is 0 Å². The van der Waals surface area contributed by atoms with Crippen molar-refractivity contribution in [2.45, 2.75) is 0 Å². The molecule has 0 nitrogen and oxygen atoms in total. The summed E-state index contributed by atoms with van der Waals surface area (Å²) in [5, 5.41) is 2.55. The number of rotatable bonds is 3. The Balaban J connectivity index is 1.42. The third-order valence-electron chi connectivity index (χ3n) is 5.34. The van der Waals surface area contributed by atoms with Crippen LogP contribution in [0.25, 0.3) is 44.2 Å². The van der Waals surface area contributed by atoms with Gasteiger partial charge in [-0.2, -0.15) is 0 Å². The standard InChI is InChI=1S/C28H19Br/c29-28-7-3-6-26(19-28)23-12-8-21(9-13-23)22-10-14-24(15-11-22)27-17-16-20-4-1-2-5-25(20)18-27/h1-19H. The molecule has 0 radical (unpaired) electrons. The molecule has 0 heterocycles. The van der Waals surface area contributed by atoms with E-state index >= 15 is 0 Å². The molecule has 0 aliphatic carbocycles. The Kier molecular flexibility index (Phi) is 4.75. The van der Waals surface area contributed by atoms with Gasteiger partial charge in [0.2, 0.25) is 0 Å². The SMILES string of the molecule is Brc1cccc(-c2ccc(-c3ccc(-c4ccc5ccccc5c4)cc3)cc2)c1. The van der Waals surface area contributed by atoms with Gasteiger partial charge >= 0.3 is 0 Å². The molecule has 0 spiro atoms. The molecular formula is C28H19Br. The first-order valence-corrected chi connectivity index (χ1v) is 10.5. The Bertz CT molecular complexity index is 1280. The van der Waals surface area contributed by atoms with Crippen molar-refractivity contribution in [2.75, 3.05) is 0 Å². The lowest BCUT2D eigenvalue weighted by Gasteiger charge is -2.08. The molecule has 0 aromatic heterocycles. The lowest BCUT2D eigenvalue weighted by Crippen LogP contribution is -1.82. The molecule has 0 bridgehead atoms. The molecule has 0 unspecified atom stereocenters. The molecule has 5 rings (SSSR count). The van der Waals surface area contributed by atoms with Crippen molar-refractivity contribution in [3.05, 3.63) is 120 Å². The number of hydrogen-bond donors (Lipinski definition) is 0. The van der Waals surface area contributed by atoms with Crippen molar-refractivity contribution in [1.29, 1.82) is 0 Å². The van der Waals surface area contributed by atoms with Crippen LogP contribution < -0.4 is 0 Å². The molecule has 0 saturated heterocycles. The van der Waals surface area contributed by atoms with E-state index in [4.69, 9.17) is 0 Å². The molecular weight excluding hydrogens is 416 g/mol. The van der Waals surface area contributed by atoms with Crippen molar-refractivity contribution in [3.8, 4) is 33.4 Å². The first-order chi connectivity index (χ1) is 14.3. The summed E-state index contributed by atoms with van der Waals surface area (Å²) in [6.07, 6.45) is 0. The normalized spacial score (nSPS) is 10.9. The van der Waals surface area contributed by atoms with Crippen LogP contribution in [0.15, 0.2) is 120 Å². The van der Waals surface area contributed by atoms with E-state index < -0.39 is 0 Å². The second-order valence-corrected chi connectivity index (χ2v) is 8.14. The fraction of sp³-hybridized carbons (Fsp3) is 0. The molecule has 0 amide bonds. The van der Waals surface area contributed by atoms with Crippen LogP contribution in [-0.2, 0) is 0 Å². The molecule has 5 aromatic rings. The summed E-state index contributed by atoms with van der Waals surface area (Å²) in [6.45, 7) is 0. The number of benzene rings is 5. The van der Waals surface area contributed by atoms with E-state index in [2.05, 4.69) is 131 Å². The van der Waals surface area contributed by atoms with E-state index in [9.17, 15) is 0 Å². The van der Waals surface area contributed by atoms with Crippen LogP contribution in [0.4, 0.5) is 0 Å². The Morgan fingerprint density at radius 1 is 0.345 bits per heavy atom. The van der Waals surface area contributed by atoms with Crippen LogP contribution in [0, 0.1) is 0 Å². The van der Waals surface area contributed by atoms with Gasteiger partial charge in [0.05, 0.1) is 0 Å². The van der Waals surface area contributed by atoms with Crippen LogP contribution in [0.5, 0.6) is 0 Å². The maximum absolute atomic E-state index is 3.55. The second-order valence-electron chi connectivity index (χ2n) is 7.23. The molecule has 0 aliphatic heterocycles. The predicted molar refractivity (Wildman–Crippen MR) is 128 cm³/mol. The maximum atomic E-state index is 3.55. The summed E-state index contributed by atoms with van der Waals surface area (Å²) in [7, 11) is 0. The molecule has 5 aromatic carbocycles. The van der Waals surface area contributed by atoms with Crippen molar-refractivity contribution >= 4 is 26.7 Å². The van der Waals surface area contributed by atoms with Crippen LogP contribution in [-0.4, -0.2) is 0 Å². The van der Waals surface area contributed by atoms with Gasteiger partial charge in [0, 0.05) is 4.47 Å². The summed E-state index contributed by atoms with van der Waals surface area (Å²) >= 11 is 3.55. The van der Waals surface area contributed by atoms with Crippen LogP contribution in [0.2, 0.25) is 0 Å². The van der Waals surface area contributed by atoms with E-state index in [-0.39, 0.29) is 0 Å². The van der Waals surface area contributed by atoms with Crippen molar-refractivity contribution in [3.63, 3.8) is 0 Å². The Morgan fingerprint density at radius 2 is 0.828 bits per heavy atom. The number of hydrogen-bond acceptors (Lipinski definition) is 0. The van der Waals surface area contributed by atoms with Gasteiger partial charge < -0.3 is 0 Å².